The first-order valence-corrected chi connectivity index (χ1v) is 7.16. The van der Waals surface area contributed by atoms with Crippen molar-refractivity contribution < 1.29 is 9.53 Å². The van der Waals surface area contributed by atoms with Crippen LogP contribution in [0.2, 0.25) is 0 Å². The van der Waals surface area contributed by atoms with Gasteiger partial charge in [0.25, 0.3) is 0 Å². The first kappa shape index (κ1) is 15.0. The number of piperazine rings is 1. The van der Waals surface area contributed by atoms with Crippen LogP contribution in [0.5, 0.6) is 0 Å². The van der Waals surface area contributed by atoms with Crippen molar-refractivity contribution in [2.24, 2.45) is 0 Å². The lowest BCUT2D eigenvalue weighted by molar-refractivity contribution is -0.143. The molecule has 1 unspecified atom stereocenters. The van der Waals surface area contributed by atoms with Crippen molar-refractivity contribution in [3.63, 3.8) is 0 Å². The van der Waals surface area contributed by atoms with Gasteiger partial charge in [-0.25, -0.2) is 0 Å². The Morgan fingerprint density at radius 2 is 1.90 bits per heavy atom. The first-order valence-electron chi connectivity index (χ1n) is 7.16. The predicted octanol–water partition coefficient (Wildman–Crippen LogP) is 1.50. The van der Waals surface area contributed by atoms with Crippen LogP contribution in [0.4, 0.5) is 0 Å². The minimum absolute atomic E-state index is 0.141. The second kappa shape index (κ2) is 6.86. The minimum atomic E-state index is -0.190. The van der Waals surface area contributed by atoms with Crippen LogP contribution in [0.25, 0.3) is 0 Å². The molecule has 110 valence electrons. The lowest BCUT2D eigenvalue weighted by Crippen LogP contribution is -2.46. The molecular weight excluding hydrogens is 252 g/mol. The lowest BCUT2D eigenvalue weighted by Gasteiger charge is -2.34. The third-order valence-electron chi connectivity index (χ3n) is 4.09. The van der Waals surface area contributed by atoms with Crippen LogP contribution in [0, 0.1) is 6.92 Å². The summed E-state index contributed by atoms with van der Waals surface area (Å²) in [5, 5.41) is 0. The molecule has 1 fully saturated rings. The summed E-state index contributed by atoms with van der Waals surface area (Å²) in [6, 6.07) is 8.08. The van der Waals surface area contributed by atoms with Gasteiger partial charge < -0.3 is 9.64 Å². The third-order valence-corrected chi connectivity index (χ3v) is 4.09. The highest BCUT2D eigenvalue weighted by molar-refractivity contribution is 5.78. The van der Waals surface area contributed by atoms with Crippen LogP contribution in [-0.2, 0) is 9.53 Å². The Morgan fingerprint density at radius 1 is 1.25 bits per heavy atom. The molecule has 1 aliphatic heterocycles. The maximum atomic E-state index is 12.1. The fourth-order valence-electron chi connectivity index (χ4n) is 2.71. The van der Waals surface area contributed by atoms with Gasteiger partial charge in [0.1, 0.15) is 0 Å². The molecule has 0 saturated carbocycles. The Labute approximate surface area is 121 Å². The zero-order valence-corrected chi connectivity index (χ0v) is 12.6. The molecule has 4 heteroatoms. The molecule has 4 nitrogen and oxygen atoms in total. The van der Waals surface area contributed by atoms with Gasteiger partial charge in [-0.05, 0) is 25.1 Å². The van der Waals surface area contributed by atoms with Gasteiger partial charge in [-0.2, -0.15) is 0 Å². The Balaban J connectivity index is 2.12. The number of hydrogen-bond acceptors (Lipinski definition) is 4. The van der Waals surface area contributed by atoms with E-state index in [-0.39, 0.29) is 11.9 Å². The molecule has 0 bridgehead atoms. The van der Waals surface area contributed by atoms with E-state index in [1.807, 2.05) is 18.2 Å². The van der Waals surface area contributed by atoms with Gasteiger partial charge in [-0.15, -0.1) is 0 Å². The van der Waals surface area contributed by atoms with Crippen LogP contribution in [-0.4, -0.2) is 62.7 Å². The summed E-state index contributed by atoms with van der Waals surface area (Å²) >= 11 is 0. The highest BCUT2D eigenvalue weighted by Gasteiger charge is 2.26. The zero-order valence-electron chi connectivity index (χ0n) is 12.6. The maximum Gasteiger partial charge on any atom is 0.314 e. The van der Waals surface area contributed by atoms with Crippen molar-refractivity contribution in [3.8, 4) is 0 Å². The number of ether oxygens (including phenoxy) is 1. The van der Waals surface area contributed by atoms with E-state index in [0.29, 0.717) is 0 Å². The summed E-state index contributed by atoms with van der Waals surface area (Å²) in [6.07, 6.45) is 0. The number of carbonyl (C=O) groups is 1. The molecule has 20 heavy (non-hydrogen) atoms. The van der Waals surface area contributed by atoms with E-state index in [9.17, 15) is 4.79 Å². The quantitative estimate of drug-likeness (QED) is 0.780. The van der Waals surface area contributed by atoms with Crippen molar-refractivity contribution in [2.45, 2.75) is 12.8 Å². The van der Waals surface area contributed by atoms with Crippen LogP contribution >= 0.6 is 0 Å². The number of nitrogens with zero attached hydrogens (tertiary/aromatic N) is 2. The maximum absolute atomic E-state index is 12.1. The molecular formula is C16H24N2O2. The SMILES string of the molecule is COC(=O)C(CN1CCN(C)CC1)c1ccccc1C. The smallest absolute Gasteiger partial charge is 0.314 e. The molecule has 1 saturated heterocycles. The summed E-state index contributed by atoms with van der Waals surface area (Å²) in [4.78, 5) is 16.8. The number of rotatable bonds is 4. The molecule has 0 amide bonds. The fraction of sp³-hybridized carbons (Fsp3) is 0.562. The third kappa shape index (κ3) is 3.58. The van der Waals surface area contributed by atoms with E-state index < -0.39 is 0 Å². The summed E-state index contributed by atoms with van der Waals surface area (Å²) in [7, 11) is 3.61. The number of likely N-dealkylation sites (N-methyl/N-ethyl adjacent to an activating group) is 1. The van der Waals surface area contributed by atoms with Crippen LogP contribution in [0.3, 0.4) is 0 Å². The largest absolute Gasteiger partial charge is 0.469 e. The topological polar surface area (TPSA) is 32.8 Å². The van der Waals surface area contributed by atoms with Gasteiger partial charge in [-0.3, -0.25) is 9.69 Å². The Morgan fingerprint density at radius 3 is 2.50 bits per heavy atom. The van der Waals surface area contributed by atoms with Crippen molar-refractivity contribution in [3.05, 3.63) is 35.4 Å². The second-order valence-electron chi connectivity index (χ2n) is 5.54. The van der Waals surface area contributed by atoms with E-state index in [2.05, 4.69) is 29.8 Å². The number of methoxy groups -OCH3 is 1. The Bertz CT molecular complexity index is 454. The van der Waals surface area contributed by atoms with Gasteiger partial charge in [0.15, 0.2) is 0 Å². The van der Waals surface area contributed by atoms with Crippen LogP contribution in [0.1, 0.15) is 17.0 Å². The molecule has 0 aromatic heterocycles. The van der Waals surface area contributed by atoms with Crippen molar-refractivity contribution >= 4 is 5.97 Å². The molecule has 1 aromatic rings. The monoisotopic (exact) mass is 276 g/mol. The highest BCUT2D eigenvalue weighted by atomic mass is 16.5. The van der Waals surface area contributed by atoms with Gasteiger partial charge in [0.05, 0.1) is 13.0 Å². The molecule has 1 atom stereocenters. The molecule has 0 radical (unpaired) electrons. The van der Waals surface area contributed by atoms with Crippen molar-refractivity contribution in [1.82, 2.24) is 9.80 Å². The van der Waals surface area contributed by atoms with E-state index in [1.165, 1.54) is 7.11 Å². The number of benzene rings is 1. The fourth-order valence-corrected chi connectivity index (χ4v) is 2.71. The number of aryl methyl sites for hydroxylation is 1. The zero-order chi connectivity index (χ0) is 14.5. The van der Waals surface area contributed by atoms with E-state index in [0.717, 1.165) is 43.9 Å². The predicted molar refractivity (Wildman–Crippen MR) is 79.9 cm³/mol. The number of carbonyl (C=O) groups excluding carboxylic acids is 1. The molecule has 0 aliphatic carbocycles. The summed E-state index contributed by atoms with van der Waals surface area (Å²) in [6.45, 7) is 6.93. The van der Waals surface area contributed by atoms with E-state index in [1.54, 1.807) is 0 Å². The van der Waals surface area contributed by atoms with Gasteiger partial charge >= 0.3 is 5.97 Å². The highest BCUT2D eigenvalue weighted by Crippen LogP contribution is 2.22. The van der Waals surface area contributed by atoms with Gasteiger partial charge in [0.2, 0.25) is 0 Å². The molecule has 1 aromatic carbocycles. The van der Waals surface area contributed by atoms with Crippen LogP contribution < -0.4 is 0 Å². The Kier molecular flexibility index (Phi) is 5.15. The Hall–Kier alpha value is -1.39. The summed E-state index contributed by atoms with van der Waals surface area (Å²) in [5.41, 5.74) is 2.23. The molecule has 0 N–H and O–H groups in total. The second-order valence-corrected chi connectivity index (χ2v) is 5.54. The normalized spacial score (nSPS) is 18.8. The van der Waals surface area contributed by atoms with Crippen molar-refractivity contribution in [2.75, 3.05) is 46.9 Å². The van der Waals surface area contributed by atoms with Crippen LogP contribution in [0.15, 0.2) is 24.3 Å². The lowest BCUT2D eigenvalue weighted by atomic mass is 9.94. The summed E-state index contributed by atoms with van der Waals surface area (Å²) in [5.74, 6) is -0.331. The average molecular weight is 276 g/mol. The van der Waals surface area contributed by atoms with Crippen molar-refractivity contribution in [1.29, 1.82) is 0 Å². The van der Waals surface area contributed by atoms with E-state index >= 15 is 0 Å². The molecule has 0 spiro atoms. The summed E-state index contributed by atoms with van der Waals surface area (Å²) < 4.78 is 5.01. The molecule has 1 heterocycles. The molecule has 2 rings (SSSR count). The average Bonchev–Trinajstić information content (AvgIpc) is 2.47. The number of esters is 1. The minimum Gasteiger partial charge on any atom is -0.469 e. The van der Waals surface area contributed by atoms with Gasteiger partial charge in [0, 0.05) is 32.7 Å². The number of hydrogen-bond donors (Lipinski definition) is 0. The molecule has 1 aliphatic rings. The van der Waals surface area contributed by atoms with Gasteiger partial charge in [-0.1, -0.05) is 24.3 Å². The standard InChI is InChI=1S/C16H24N2O2/c1-13-6-4-5-7-14(13)15(16(19)20-3)12-18-10-8-17(2)9-11-18/h4-7,15H,8-12H2,1-3H3. The van der Waals surface area contributed by atoms with E-state index in [4.69, 9.17) is 4.74 Å². The first-order chi connectivity index (χ1) is 9.61.